The molecule has 0 amide bonds. The van der Waals surface area contributed by atoms with Crippen molar-refractivity contribution < 1.29 is 13.9 Å². The Bertz CT molecular complexity index is 348. The third kappa shape index (κ3) is 3.82. The lowest BCUT2D eigenvalue weighted by molar-refractivity contribution is -0.00438. The average molecular weight is 290 g/mol. The summed E-state index contributed by atoms with van der Waals surface area (Å²) in [5.74, 6) is 0. The number of alkyl halides is 2. The fourth-order valence-electron chi connectivity index (χ4n) is 1.14. The van der Waals surface area contributed by atoms with Crippen LogP contribution < -0.4 is 5.32 Å². The third-order valence-corrected chi connectivity index (χ3v) is 3.59. The molecule has 2 unspecified atom stereocenters. The fraction of sp³-hybridized carbons (Fsp3) is 0.556. The van der Waals surface area contributed by atoms with Crippen molar-refractivity contribution in [3.8, 4) is 0 Å². The molecule has 2 atom stereocenters. The molecule has 7 heteroatoms. The third-order valence-electron chi connectivity index (χ3n) is 2.07. The van der Waals surface area contributed by atoms with Crippen LogP contribution in [0, 0.1) is 0 Å². The number of aliphatic hydroxyl groups excluding tert-OH is 1. The summed E-state index contributed by atoms with van der Waals surface area (Å²) in [4.78, 5) is 0. The molecule has 0 aromatic carbocycles. The molecule has 16 heavy (non-hydrogen) atoms. The summed E-state index contributed by atoms with van der Waals surface area (Å²) in [6, 6.07) is 1.45. The van der Waals surface area contributed by atoms with E-state index in [1.54, 1.807) is 13.0 Å². The number of halogens is 4. The number of thiophene rings is 1. The van der Waals surface area contributed by atoms with Crippen molar-refractivity contribution in [3.05, 3.63) is 20.3 Å². The average Bonchev–Trinajstić information content (AvgIpc) is 2.53. The molecule has 0 aliphatic rings. The van der Waals surface area contributed by atoms with Crippen LogP contribution in [0.2, 0.25) is 8.67 Å². The highest BCUT2D eigenvalue weighted by Gasteiger charge is 2.19. The molecular formula is C9H11Cl2F2NOS. The van der Waals surface area contributed by atoms with Crippen LogP contribution in [0.5, 0.6) is 0 Å². The molecular weight excluding hydrogens is 279 g/mol. The first-order valence-corrected chi connectivity index (χ1v) is 6.13. The molecule has 0 aliphatic heterocycles. The van der Waals surface area contributed by atoms with Crippen LogP contribution in [0.1, 0.15) is 18.5 Å². The Balaban J connectivity index is 2.53. The van der Waals surface area contributed by atoms with Crippen molar-refractivity contribution >= 4 is 34.5 Å². The molecule has 0 saturated heterocycles. The van der Waals surface area contributed by atoms with Crippen LogP contribution in [0.3, 0.4) is 0 Å². The van der Waals surface area contributed by atoms with Crippen molar-refractivity contribution in [1.29, 1.82) is 0 Å². The molecule has 1 aromatic rings. The van der Waals surface area contributed by atoms with Crippen LogP contribution in [-0.4, -0.2) is 24.2 Å². The smallest absolute Gasteiger partial charge is 0.265 e. The predicted molar refractivity (Wildman–Crippen MR) is 62.8 cm³/mol. The summed E-state index contributed by atoms with van der Waals surface area (Å²) in [6.07, 6.45) is -4.42. The second kappa shape index (κ2) is 6.12. The Morgan fingerprint density at radius 3 is 2.56 bits per heavy atom. The summed E-state index contributed by atoms with van der Waals surface area (Å²) < 4.78 is 25.1. The minimum Gasteiger partial charge on any atom is -0.386 e. The number of hydrogen-bond acceptors (Lipinski definition) is 3. The number of rotatable bonds is 5. The SMILES string of the molecule is CC(NCC(O)C(F)F)c1cc(Cl)sc1Cl. The second-order valence-electron chi connectivity index (χ2n) is 3.31. The van der Waals surface area contributed by atoms with E-state index in [9.17, 15) is 8.78 Å². The Morgan fingerprint density at radius 2 is 2.12 bits per heavy atom. The van der Waals surface area contributed by atoms with E-state index >= 15 is 0 Å². The molecule has 1 heterocycles. The summed E-state index contributed by atoms with van der Waals surface area (Å²) in [7, 11) is 0. The van der Waals surface area contributed by atoms with Gasteiger partial charge in [0.15, 0.2) is 0 Å². The van der Waals surface area contributed by atoms with E-state index in [0.29, 0.717) is 8.67 Å². The van der Waals surface area contributed by atoms with Crippen molar-refractivity contribution in [1.82, 2.24) is 5.32 Å². The van der Waals surface area contributed by atoms with Gasteiger partial charge in [-0.1, -0.05) is 23.2 Å². The van der Waals surface area contributed by atoms with Gasteiger partial charge < -0.3 is 10.4 Å². The molecule has 2 N–H and O–H groups in total. The van der Waals surface area contributed by atoms with Crippen molar-refractivity contribution in [2.45, 2.75) is 25.5 Å². The first kappa shape index (κ1) is 14.1. The highest BCUT2D eigenvalue weighted by Crippen LogP contribution is 2.34. The van der Waals surface area contributed by atoms with Gasteiger partial charge in [-0.2, -0.15) is 0 Å². The maximum atomic E-state index is 12.0. The molecule has 0 bridgehead atoms. The maximum Gasteiger partial charge on any atom is 0.265 e. The number of aliphatic hydroxyl groups is 1. The highest BCUT2D eigenvalue weighted by molar-refractivity contribution is 7.20. The van der Waals surface area contributed by atoms with Crippen molar-refractivity contribution in [2.24, 2.45) is 0 Å². The maximum absolute atomic E-state index is 12.0. The van der Waals surface area contributed by atoms with E-state index < -0.39 is 12.5 Å². The van der Waals surface area contributed by atoms with Gasteiger partial charge in [0.05, 0.1) is 8.67 Å². The molecule has 1 rings (SSSR count). The standard InChI is InChI=1S/C9H11Cl2F2NOS/c1-4(14-3-6(15)9(12)13)5-2-7(10)16-8(5)11/h2,4,6,9,14-15H,3H2,1H3. The summed E-state index contributed by atoms with van der Waals surface area (Å²) in [5, 5.41) is 11.7. The monoisotopic (exact) mass is 289 g/mol. The largest absolute Gasteiger partial charge is 0.386 e. The summed E-state index contributed by atoms with van der Waals surface area (Å²) >= 11 is 12.9. The first-order chi connectivity index (χ1) is 7.41. The summed E-state index contributed by atoms with van der Waals surface area (Å²) in [6.45, 7) is 1.57. The lowest BCUT2D eigenvalue weighted by Crippen LogP contribution is -2.33. The Morgan fingerprint density at radius 1 is 1.50 bits per heavy atom. The molecule has 0 radical (unpaired) electrons. The number of hydrogen-bond donors (Lipinski definition) is 2. The lowest BCUT2D eigenvalue weighted by Gasteiger charge is -2.16. The molecule has 0 saturated carbocycles. The zero-order valence-corrected chi connectivity index (χ0v) is 10.7. The van der Waals surface area contributed by atoms with Gasteiger partial charge in [0.2, 0.25) is 0 Å². The van der Waals surface area contributed by atoms with E-state index in [-0.39, 0.29) is 12.6 Å². The number of nitrogens with one attached hydrogen (secondary N) is 1. The van der Waals surface area contributed by atoms with Crippen LogP contribution in [-0.2, 0) is 0 Å². The van der Waals surface area contributed by atoms with Gasteiger partial charge in [-0.05, 0) is 18.6 Å². The van der Waals surface area contributed by atoms with Gasteiger partial charge in [-0.3, -0.25) is 0 Å². The second-order valence-corrected chi connectivity index (χ2v) is 5.60. The van der Waals surface area contributed by atoms with Gasteiger partial charge in [0.25, 0.3) is 6.43 Å². The normalized spacial score (nSPS) is 15.4. The van der Waals surface area contributed by atoms with Gasteiger partial charge in [-0.15, -0.1) is 11.3 Å². The van der Waals surface area contributed by atoms with Gasteiger partial charge >= 0.3 is 0 Å². The van der Waals surface area contributed by atoms with Gasteiger partial charge in [-0.25, -0.2) is 8.78 Å². The zero-order valence-electron chi connectivity index (χ0n) is 8.38. The molecule has 1 aromatic heterocycles. The Kier molecular flexibility index (Phi) is 5.40. The topological polar surface area (TPSA) is 32.3 Å². The van der Waals surface area contributed by atoms with E-state index in [4.69, 9.17) is 28.3 Å². The van der Waals surface area contributed by atoms with Crippen molar-refractivity contribution in [3.63, 3.8) is 0 Å². The summed E-state index contributed by atoms with van der Waals surface area (Å²) in [5.41, 5.74) is 0.748. The molecule has 92 valence electrons. The van der Waals surface area contributed by atoms with Gasteiger partial charge in [0.1, 0.15) is 6.10 Å². The minimum atomic E-state index is -2.75. The molecule has 2 nitrogen and oxygen atoms in total. The Labute approximate surface area is 106 Å². The van der Waals surface area contributed by atoms with E-state index in [2.05, 4.69) is 5.32 Å². The van der Waals surface area contributed by atoms with E-state index in [0.717, 1.165) is 5.56 Å². The van der Waals surface area contributed by atoms with E-state index in [1.165, 1.54) is 11.3 Å². The quantitative estimate of drug-likeness (QED) is 0.871. The van der Waals surface area contributed by atoms with Crippen LogP contribution in [0.25, 0.3) is 0 Å². The fourth-order valence-corrected chi connectivity index (χ4v) is 2.79. The van der Waals surface area contributed by atoms with Crippen molar-refractivity contribution in [2.75, 3.05) is 6.54 Å². The lowest BCUT2D eigenvalue weighted by atomic mass is 10.2. The Hall–Kier alpha value is 0.0600. The van der Waals surface area contributed by atoms with E-state index in [1.807, 2.05) is 0 Å². The zero-order chi connectivity index (χ0) is 12.3. The first-order valence-electron chi connectivity index (χ1n) is 4.56. The minimum absolute atomic E-state index is 0.192. The van der Waals surface area contributed by atoms with Crippen LogP contribution in [0.4, 0.5) is 8.78 Å². The predicted octanol–water partition coefficient (Wildman–Crippen LogP) is 3.33. The van der Waals surface area contributed by atoms with Gasteiger partial charge in [0, 0.05) is 12.6 Å². The van der Waals surface area contributed by atoms with Crippen LogP contribution in [0.15, 0.2) is 6.07 Å². The highest BCUT2D eigenvalue weighted by atomic mass is 35.5. The molecule has 0 aliphatic carbocycles. The molecule has 0 spiro atoms. The molecule has 0 fully saturated rings. The van der Waals surface area contributed by atoms with Crippen LogP contribution >= 0.6 is 34.5 Å².